The van der Waals surface area contributed by atoms with E-state index in [0.717, 1.165) is 6.42 Å². The lowest BCUT2D eigenvalue weighted by atomic mass is 10.1. The van der Waals surface area contributed by atoms with Crippen molar-refractivity contribution in [1.29, 1.82) is 0 Å². The number of phenols is 1. The highest BCUT2D eigenvalue weighted by molar-refractivity contribution is 7.99. The molecule has 2 N–H and O–H groups in total. The molecule has 19 heavy (non-hydrogen) atoms. The van der Waals surface area contributed by atoms with Crippen molar-refractivity contribution < 1.29 is 14.7 Å². The van der Waals surface area contributed by atoms with Gasteiger partial charge in [-0.15, -0.1) is 11.8 Å². The molecular formula is C14H19NO3S. The predicted octanol–water partition coefficient (Wildman–Crippen LogP) is 2.35. The van der Waals surface area contributed by atoms with Crippen molar-refractivity contribution in [3.05, 3.63) is 29.3 Å². The van der Waals surface area contributed by atoms with Crippen molar-refractivity contribution in [3.63, 3.8) is 0 Å². The summed E-state index contributed by atoms with van der Waals surface area (Å²) in [5.41, 5.74) is 1.25. The highest BCUT2D eigenvalue weighted by atomic mass is 32.2. The van der Waals surface area contributed by atoms with E-state index in [2.05, 4.69) is 5.32 Å². The van der Waals surface area contributed by atoms with Crippen molar-refractivity contribution in [1.82, 2.24) is 5.32 Å². The van der Waals surface area contributed by atoms with E-state index in [1.54, 1.807) is 12.1 Å². The molecule has 0 spiro atoms. The van der Waals surface area contributed by atoms with Gasteiger partial charge in [0, 0.05) is 23.4 Å². The first kappa shape index (κ1) is 15.6. The molecule has 0 heterocycles. The first-order valence-electron chi connectivity index (χ1n) is 6.22. The summed E-state index contributed by atoms with van der Waals surface area (Å²) in [6.07, 6.45) is 0.915. The Morgan fingerprint density at radius 3 is 2.74 bits per heavy atom. The lowest BCUT2D eigenvalue weighted by molar-refractivity contribution is -0.118. The summed E-state index contributed by atoms with van der Waals surface area (Å²) >= 11 is 1.42. The summed E-state index contributed by atoms with van der Waals surface area (Å²) in [5, 5.41) is 12.5. The number of aromatic hydroxyl groups is 1. The molecule has 104 valence electrons. The van der Waals surface area contributed by atoms with Crippen molar-refractivity contribution in [3.8, 4) is 5.75 Å². The summed E-state index contributed by atoms with van der Waals surface area (Å²) in [7, 11) is 0. The molecule has 1 aromatic rings. The maximum Gasteiger partial charge on any atom is 0.230 e. The van der Waals surface area contributed by atoms with E-state index in [1.165, 1.54) is 24.8 Å². The maximum atomic E-state index is 11.4. The third-order valence-electron chi connectivity index (χ3n) is 2.55. The molecule has 1 amide bonds. The summed E-state index contributed by atoms with van der Waals surface area (Å²) in [6, 6.07) is 4.79. The molecule has 0 radical (unpaired) electrons. The Kier molecular flexibility index (Phi) is 6.42. The fraction of sp³-hybridized carbons (Fsp3) is 0.429. The van der Waals surface area contributed by atoms with E-state index in [9.17, 15) is 14.7 Å². The van der Waals surface area contributed by atoms with Crippen LogP contribution in [-0.4, -0.2) is 29.1 Å². The zero-order valence-electron chi connectivity index (χ0n) is 11.2. The number of ketones is 1. The second kappa shape index (κ2) is 7.84. The van der Waals surface area contributed by atoms with Gasteiger partial charge >= 0.3 is 0 Å². The summed E-state index contributed by atoms with van der Waals surface area (Å²) in [6.45, 7) is 4.17. The molecule has 0 fully saturated rings. The molecule has 0 aromatic heterocycles. The van der Waals surface area contributed by atoms with Crippen LogP contribution in [0.5, 0.6) is 5.75 Å². The van der Waals surface area contributed by atoms with Crippen molar-refractivity contribution in [2.45, 2.75) is 26.0 Å². The Morgan fingerprint density at radius 2 is 2.11 bits per heavy atom. The Labute approximate surface area is 117 Å². The van der Waals surface area contributed by atoms with Gasteiger partial charge in [0.2, 0.25) is 5.91 Å². The number of phenolic OH excluding ortho intramolecular Hbond substituents is 1. The molecule has 5 heteroatoms. The number of hydrogen-bond donors (Lipinski definition) is 2. The molecule has 0 atom stereocenters. The van der Waals surface area contributed by atoms with Gasteiger partial charge in [-0.05, 0) is 31.5 Å². The highest BCUT2D eigenvalue weighted by Crippen LogP contribution is 2.23. The van der Waals surface area contributed by atoms with Crippen LogP contribution in [0.15, 0.2) is 18.2 Å². The van der Waals surface area contributed by atoms with Gasteiger partial charge in [-0.2, -0.15) is 0 Å². The molecule has 0 saturated heterocycles. The highest BCUT2D eigenvalue weighted by Gasteiger charge is 2.07. The van der Waals surface area contributed by atoms with Crippen LogP contribution in [0, 0.1) is 0 Å². The summed E-state index contributed by atoms with van der Waals surface area (Å²) < 4.78 is 0. The van der Waals surface area contributed by atoms with Crippen LogP contribution in [0.3, 0.4) is 0 Å². The topological polar surface area (TPSA) is 66.4 Å². The van der Waals surface area contributed by atoms with E-state index < -0.39 is 0 Å². The maximum absolute atomic E-state index is 11.4. The normalized spacial score (nSPS) is 10.2. The van der Waals surface area contributed by atoms with Gasteiger partial charge in [0.25, 0.3) is 0 Å². The fourth-order valence-corrected chi connectivity index (χ4v) is 2.33. The van der Waals surface area contributed by atoms with E-state index in [1.807, 2.05) is 6.92 Å². The van der Waals surface area contributed by atoms with Gasteiger partial charge in [0.15, 0.2) is 5.78 Å². The smallest absolute Gasteiger partial charge is 0.230 e. The van der Waals surface area contributed by atoms with E-state index in [4.69, 9.17) is 0 Å². The number of amides is 1. The first-order chi connectivity index (χ1) is 9.04. The number of hydrogen-bond acceptors (Lipinski definition) is 4. The Hall–Kier alpha value is -1.49. The van der Waals surface area contributed by atoms with Crippen LogP contribution in [0.2, 0.25) is 0 Å². The lowest BCUT2D eigenvalue weighted by Gasteiger charge is -2.07. The molecule has 1 aromatic carbocycles. The molecular weight excluding hydrogens is 262 g/mol. The standard InChI is InChI=1S/C14H19NO3S/c1-3-6-15-14(18)9-19-8-12-7-11(10(2)16)4-5-13(12)17/h4-5,7,17H,3,6,8-9H2,1-2H3,(H,15,18). The van der Waals surface area contributed by atoms with Crippen molar-refractivity contribution in [2.24, 2.45) is 0 Å². The minimum atomic E-state index is -0.0352. The predicted molar refractivity (Wildman–Crippen MR) is 77.6 cm³/mol. The van der Waals surface area contributed by atoms with Gasteiger partial charge in [0.1, 0.15) is 5.75 Å². The van der Waals surface area contributed by atoms with E-state index in [-0.39, 0.29) is 17.4 Å². The van der Waals surface area contributed by atoms with Crippen LogP contribution in [0.1, 0.15) is 36.2 Å². The van der Waals surface area contributed by atoms with Gasteiger partial charge in [-0.3, -0.25) is 9.59 Å². The average Bonchev–Trinajstić information content (AvgIpc) is 2.38. The number of rotatable bonds is 7. The Balaban J connectivity index is 2.51. The van der Waals surface area contributed by atoms with Crippen LogP contribution in [0.4, 0.5) is 0 Å². The fourth-order valence-electron chi connectivity index (χ4n) is 1.49. The molecule has 1 rings (SSSR count). The molecule has 0 unspecified atom stereocenters. The number of benzene rings is 1. The third kappa shape index (κ3) is 5.34. The SMILES string of the molecule is CCCNC(=O)CSCc1cc(C(C)=O)ccc1O. The number of carbonyl (C=O) groups excluding carboxylic acids is 2. The van der Waals surface area contributed by atoms with E-state index >= 15 is 0 Å². The molecule has 0 bridgehead atoms. The van der Waals surface area contributed by atoms with Crippen LogP contribution in [-0.2, 0) is 10.5 Å². The van der Waals surface area contributed by atoms with Crippen molar-refractivity contribution >= 4 is 23.5 Å². The average molecular weight is 281 g/mol. The third-order valence-corrected chi connectivity index (χ3v) is 3.53. The van der Waals surface area contributed by atoms with Gasteiger partial charge in [0.05, 0.1) is 5.75 Å². The minimum Gasteiger partial charge on any atom is -0.508 e. The molecule has 0 aliphatic rings. The number of Topliss-reactive ketones (excluding diaryl/α,β-unsaturated/α-hetero) is 1. The number of nitrogens with one attached hydrogen (secondary N) is 1. The summed E-state index contributed by atoms with van der Waals surface area (Å²) in [5.74, 6) is 0.975. The van der Waals surface area contributed by atoms with Crippen molar-refractivity contribution in [2.75, 3.05) is 12.3 Å². The lowest BCUT2D eigenvalue weighted by Crippen LogP contribution is -2.25. The molecule has 0 aliphatic heterocycles. The molecule has 0 aliphatic carbocycles. The molecule has 4 nitrogen and oxygen atoms in total. The van der Waals surface area contributed by atoms with Crippen LogP contribution >= 0.6 is 11.8 Å². The summed E-state index contributed by atoms with van der Waals surface area (Å²) in [4.78, 5) is 22.7. The molecule has 0 saturated carbocycles. The van der Waals surface area contributed by atoms with Gasteiger partial charge in [-0.25, -0.2) is 0 Å². The first-order valence-corrected chi connectivity index (χ1v) is 7.37. The zero-order valence-corrected chi connectivity index (χ0v) is 12.0. The second-order valence-corrected chi connectivity index (χ2v) is 5.23. The zero-order chi connectivity index (χ0) is 14.3. The number of thioether (sulfide) groups is 1. The Morgan fingerprint density at radius 1 is 1.37 bits per heavy atom. The largest absolute Gasteiger partial charge is 0.508 e. The quantitative estimate of drug-likeness (QED) is 0.753. The van der Waals surface area contributed by atoms with Crippen LogP contribution < -0.4 is 5.32 Å². The monoisotopic (exact) mass is 281 g/mol. The Bertz CT molecular complexity index is 460. The van der Waals surface area contributed by atoms with Crippen LogP contribution in [0.25, 0.3) is 0 Å². The van der Waals surface area contributed by atoms with E-state index in [0.29, 0.717) is 29.2 Å². The number of carbonyl (C=O) groups is 2. The minimum absolute atomic E-state index is 0.00550. The van der Waals surface area contributed by atoms with Gasteiger partial charge < -0.3 is 10.4 Å². The van der Waals surface area contributed by atoms with Gasteiger partial charge in [-0.1, -0.05) is 6.92 Å². The second-order valence-electron chi connectivity index (χ2n) is 4.24.